The van der Waals surface area contributed by atoms with E-state index in [9.17, 15) is 32.7 Å². The molecule has 43 heavy (non-hydrogen) atoms. The summed E-state index contributed by atoms with van der Waals surface area (Å²) in [5.41, 5.74) is 1.48. The second-order valence-corrected chi connectivity index (χ2v) is 11.1. The van der Waals surface area contributed by atoms with E-state index in [1.165, 1.54) is 18.1 Å². The number of alkyl halides is 3. The average molecular weight is 595 g/mol. The second kappa shape index (κ2) is 12.5. The summed E-state index contributed by atoms with van der Waals surface area (Å²) in [6.07, 6.45) is -3.71. The summed E-state index contributed by atoms with van der Waals surface area (Å²) in [7, 11) is 1.48. The van der Waals surface area contributed by atoms with Crippen molar-refractivity contribution in [2.24, 2.45) is 5.92 Å². The molecule has 1 fully saturated rings. The maximum atomic E-state index is 14.3. The van der Waals surface area contributed by atoms with E-state index in [1.807, 2.05) is 30.3 Å². The van der Waals surface area contributed by atoms with Crippen LogP contribution in [-0.4, -0.2) is 66.0 Å². The van der Waals surface area contributed by atoms with Crippen molar-refractivity contribution < 1.29 is 37.4 Å². The smallest absolute Gasteiger partial charge is 0.416 e. The molecule has 2 aliphatic rings. The van der Waals surface area contributed by atoms with Crippen LogP contribution in [0.1, 0.15) is 52.5 Å². The molecule has 226 valence electrons. The van der Waals surface area contributed by atoms with Crippen LogP contribution < -0.4 is 4.74 Å². The molecule has 1 N–H and O–H groups in total. The van der Waals surface area contributed by atoms with Crippen LogP contribution in [0.3, 0.4) is 0 Å². The molecular formula is C33H33F3N2O5. The summed E-state index contributed by atoms with van der Waals surface area (Å²) in [6.45, 7) is 0.219. The van der Waals surface area contributed by atoms with E-state index in [2.05, 4.69) is 0 Å². The van der Waals surface area contributed by atoms with Gasteiger partial charge in [-0.1, -0.05) is 54.6 Å². The molecule has 5 rings (SSSR count). The lowest BCUT2D eigenvalue weighted by Gasteiger charge is -2.33. The van der Waals surface area contributed by atoms with E-state index < -0.39 is 35.5 Å². The van der Waals surface area contributed by atoms with Crippen molar-refractivity contribution in [1.82, 2.24) is 9.80 Å². The molecular weight excluding hydrogens is 561 g/mol. The minimum absolute atomic E-state index is 0.0316. The Hall–Kier alpha value is -4.34. The Morgan fingerprint density at radius 3 is 2.26 bits per heavy atom. The summed E-state index contributed by atoms with van der Waals surface area (Å²) in [5, 5.41) is 9.34. The van der Waals surface area contributed by atoms with Gasteiger partial charge in [-0.25, -0.2) is 0 Å². The number of piperidine rings is 1. The molecule has 10 heteroatoms. The minimum atomic E-state index is -4.59. The number of para-hydroxylation sites is 1. The van der Waals surface area contributed by atoms with Crippen molar-refractivity contribution in [1.29, 1.82) is 0 Å². The van der Waals surface area contributed by atoms with Gasteiger partial charge in [0, 0.05) is 31.1 Å². The van der Waals surface area contributed by atoms with Gasteiger partial charge < -0.3 is 19.6 Å². The van der Waals surface area contributed by atoms with Gasteiger partial charge in [-0.05, 0) is 54.2 Å². The number of carbonyl (C=O) groups is 3. The van der Waals surface area contributed by atoms with Crippen LogP contribution in [0.4, 0.5) is 13.2 Å². The molecule has 0 radical (unpaired) electrons. The third-order valence-electron chi connectivity index (χ3n) is 8.50. The molecule has 0 aromatic heterocycles. The Balaban J connectivity index is 1.58. The number of likely N-dealkylation sites (tertiary alicyclic amines) is 1. The van der Waals surface area contributed by atoms with E-state index in [1.54, 1.807) is 29.2 Å². The van der Waals surface area contributed by atoms with Gasteiger partial charge in [0.25, 0.3) is 0 Å². The molecule has 2 atom stereocenters. The molecule has 0 saturated carbocycles. The zero-order chi connectivity index (χ0) is 30.7. The van der Waals surface area contributed by atoms with Gasteiger partial charge in [-0.2, -0.15) is 13.2 Å². The summed E-state index contributed by atoms with van der Waals surface area (Å²) in [4.78, 5) is 42.2. The predicted octanol–water partition coefficient (Wildman–Crippen LogP) is 5.34. The quantitative estimate of drug-likeness (QED) is 0.399. The van der Waals surface area contributed by atoms with E-state index >= 15 is 0 Å². The van der Waals surface area contributed by atoms with Crippen LogP contribution in [0, 0.1) is 5.92 Å². The first kappa shape index (κ1) is 30.1. The Bertz CT molecular complexity index is 1490. The lowest BCUT2D eigenvalue weighted by Crippen LogP contribution is -2.47. The molecule has 1 saturated heterocycles. The second-order valence-electron chi connectivity index (χ2n) is 11.1. The minimum Gasteiger partial charge on any atom is -0.496 e. The van der Waals surface area contributed by atoms with Gasteiger partial charge in [-0.15, -0.1) is 0 Å². The normalized spacial score (nSPS) is 19.5. The van der Waals surface area contributed by atoms with Crippen molar-refractivity contribution >= 4 is 17.8 Å². The van der Waals surface area contributed by atoms with Gasteiger partial charge in [0.15, 0.2) is 0 Å². The molecule has 2 unspecified atom stereocenters. The topological polar surface area (TPSA) is 87.2 Å². The highest BCUT2D eigenvalue weighted by atomic mass is 19.4. The highest BCUT2D eigenvalue weighted by Crippen LogP contribution is 2.43. The van der Waals surface area contributed by atoms with Crippen LogP contribution in [0.15, 0.2) is 72.8 Å². The molecule has 0 bridgehead atoms. The fourth-order valence-corrected chi connectivity index (χ4v) is 6.18. The molecule has 2 amide bonds. The summed E-state index contributed by atoms with van der Waals surface area (Å²) >= 11 is 0. The highest BCUT2D eigenvalue weighted by molar-refractivity contribution is 5.90. The van der Waals surface area contributed by atoms with Crippen molar-refractivity contribution in [3.8, 4) is 5.75 Å². The summed E-state index contributed by atoms with van der Waals surface area (Å²) in [5.74, 6) is -3.16. The molecule has 3 aromatic rings. The number of nitrogens with zero attached hydrogens (tertiary/aromatic N) is 2. The first-order chi connectivity index (χ1) is 20.6. The number of methoxy groups -OCH3 is 1. The number of amides is 2. The Labute approximate surface area is 247 Å². The zero-order valence-electron chi connectivity index (χ0n) is 23.7. The SMILES string of the molecule is COc1ccccc1C1CN(CC(=O)N2CCC(C(=O)O)CC2)C(=O)C(Cc2ccccc2)c2ccc(C(F)(F)F)cc21. The summed E-state index contributed by atoms with van der Waals surface area (Å²) < 4.78 is 47.6. The van der Waals surface area contributed by atoms with Gasteiger partial charge in [0.1, 0.15) is 5.75 Å². The lowest BCUT2D eigenvalue weighted by molar-refractivity contribution is -0.147. The molecule has 0 aliphatic carbocycles. The number of carbonyl (C=O) groups excluding carboxylic acids is 2. The highest BCUT2D eigenvalue weighted by Gasteiger charge is 2.40. The maximum absolute atomic E-state index is 14.3. The van der Waals surface area contributed by atoms with Gasteiger partial charge in [-0.3, -0.25) is 14.4 Å². The van der Waals surface area contributed by atoms with Crippen LogP contribution in [0.25, 0.3) is 0 Å². The van der Waals surface area contributed by atoms with Crippen molar-refractivity contribution in [2.75, 3.05) is 33.3 Å². The number of carboxylic acid groups (broad SMARTS) is 1. The number of ether oxygens (including phenoxy) is 1. The Kier molecular flexibility index (Phi) is 8.75. The average Bonchev–Trinajstić information content (AvgIpc) is 3.11. The number of halogens is 3. The third kappa shape index (κ3) is 6.53. The molecule has 7 nitrogen and oxygen atoms in total. The number of hydrogen-bond donors (Lipinski definition) is 1. The van der Waals surface area contributed by atoms with E-state index in [4.69, 9.17) is 4.74 Å². The first-order valence-electron chi connectivity index (χ1n) is 14.2. The molecule has 2 aliphatic heterocycles. The van der Waals surface area contributed by atoms with Crippen molar-refractivity contribution in [3.63, 3.8) is 0 Å². The molecule has 2 heterocycles. The largest absolute Gasteiger partial charge is 0.496 e. The van der Waals surface area contributed by atoms with Crippen LogP contribution in [0.2, 0.25) is 0 Å². The zero-order valence-corrected chi connectivity index (χ0v) is 23.7. The number of benzene rings is 3. The fraction of sp³-hybridized carbons (Fsp3) is 0.364. The van der Waals surface area contributed by atoms with Crippen molar-refractivity contribution in [3.05, 3.63) is 101 Å². The summed E-state index contributed by atoms with van der Waals surface area (Å²) in [6, 6.07) is 19.8. The number of hydrogen-bond acceptors (Lipinski definition) is 4. The Morgan fingerprint density at radius 2 is 1.60 bits per heavy atom. The van der Waals surface area contributed by atoms with Crippen molar-refractivity contribution in [2.45, 2.75) is 37.3 Å². The maximum Gasteiger partial charge on any atom is 0.416 e. The number of carboxylic acids is 1. The van der Waals surface area contributed by atoms with Crippen LogP contribution in [0.5, 0.6) is 5.75 Å². The molecule has 3 aromatic carbocycles. The van der Waals surface area contributed by atoms with Crippen LogP contribution >= 0.6 is 0 Å². The predicted molar refractivity (Wildman–Crippen MR) is 153 cm³/mol. The molecule has 0 spiro atoms. The van der Waals surface area contributed by atoms with Crippen LogP contribution in [-0.2, 0) is 27.0 Å². The third-order valence-corrected chi connectivity index (χ3v) is 8.50. The standard InChI is InChI=1S/C33H33F3N2O5/c1-43-29-10-6-5-9-25(29)28-19-38(20-30(39)37-15-13-22(14-16-37)32(41)42)31(40)27(17-21-7-3-2-4-8-21)24-12-11-23(18-26(24)28)33(34,35)36/h2-12,18,22,27-28H,13-17,19-20H2,1H3,(H,41,42). The Morgan fingerprint density at radius 1 is 0.930 bits per heavy atom. The van der Waals surface area contributed by atoms with E-state index in [-0.39, 0.29) is 44.4 Å². The number of rotatable bonds is 7. The van der Waals surface area contributed by atoms with E-state index in [0.29, 0.717) is 35.3 Å². The lowest BCUT2D eigenvalue weighted by atomic mass is 9.82. The number of fused-ring (bicyclic) bond motifs is 1. The first-order valence-corrected chi connectivity index (χ1v) is 14.2. The number of aliphatic carboxylic acids is 1. The fourth-order valence-electron chi connectivity index (χ4n) is 6.18. The van der Waals surface area contributed by atoms with E-state index in [0.717, 1.165) is 17.7 Å². The van der Waals surface area contributed by atoms with Gasteiger partial charge >= 0.3 is 12.1 Å². The van der Waals surface area contributed by atoms with Gasteiger partial charge in [0.05, 0.1) is 31.1 Å². The van der Waals surface area contributed by atoms with Gasteiger partial charge in [0.2, 0.25) is 11.8 Å². The monoisotopic (exact) mass is 594 g/mol.